The first kappa shape index (κ1) is 13.2. The van der Waals surface area contributed by atoms with Gasteiger partial charge in [0.2, 0.25) is 0 Å². The van der Waals surface area contributed by atoms with Gasteiger partial charge in [-0.05, 0) is 39.7 Å². The summed E-state index contributed by atoms with van der Waals surface area (Å²) < 4.78 is 5.08. The van der Waals surface area contributed by atoms with E-state index < -0.39 is 5.60 Å². The number of nitrogens with one attached hydrogen (secondary N) is 1. The smallest absolute Gasteiger partial charge is 0.407 e. The maximum atomic E-state index is 11.2. The highest BCUT2D eigenvalue weighted by Crippen LogP contribution is 2.06. The van der Waals surface area contributed by atoms with Crippen molar-refractivity contribution in [2.45, 2.75) is 39.7 Å². The third-order valence-corrected chi connectivity index (χ3v) is 1.65. The molecule has 0 aromatic heterocycles. The average molecular weight is 202 g/mol. The molecule has 14 heavy (non-hydrogen) atoms. The Bertz CT molecular complexity index is 175. The number of hydrogen-bond donors (Lipinski definition) is 2. The van der Waals surface area contributed by atoms with Crippen LogP contribution in [0.4, 0.5) is 4.79 Å². The molecule has 0 fully saturated rings. The normalized spacial score (nSPS) is 13.5. The fourth-order valence-electron chi connectivity index (χ4n) is 0.958. The highest BCUT2D eigenvalue weighted by atomic mass is 16.6. The van der Waals surface area contributed by atoms with E-state index in [1.54, 1.807) is 0 Å². The van der Waals surface area contributed by atoms with Crippen LogP contribution < -0.4 is 11.1 Å². The van der Waals surface area contributed by atoms with Crippen LogP contribution in [0.2, 0.25) is 0 Å². The summed E-state index contributed by atoms with van der Waals surface area (Å²) >= 11 is 0. The highest BCUT2D eigenvalue weighted by molar-refractivity contribution is 5.67. The van der Waals surface area contributed by atoms with Gasteiger partial charge in [0.25, 0.3) is 0 Å². The second kappa shape index (κ2) is 5.86. The molecule has 1 atom stereocenters. The van der Waals surface area contributed by atoms with Crippen LogP contribution in [0, 0.1) is 5.92 Å². The van der Waals surface area contributed by atoms with Crippen LogP contribution in [0.3, 0.4) is 0 Å². The molecule has 0 heterocycles. The number of nitrogens with two attached hydrogens (primary N) is 1. The van der Waals surface area contributed by atoms with Crippen LogP contribution in [0.5, 0.6) is 0 Å². The lowest BCUT2D eigenvalue weighted by molar-refractivity contribution is 0.0520. The fraction of sp³-hybridized carbons (Fsp3) is 0.900. The van der Waals surface area contributed by atoms with Gasteiger partial charge >= 0.3 is 6.09 Å². The number of carbonyl (C=O) groups excluding carboxylic acids is 1. The first-order chi connectivity index (χ1) is 6.35. The summed E-state index contributed by atoms with van der Waals surface area (Å²) in [6, 6.07) is 0. The number of hydrogen-bond acceptors (Lipinski definition) is 3. The first-order valence-corrected chi connectivity index (χ1v) is 5.02. The van der Waals surface area contributed by atoms with Crippen molar-refractivity contribution >= 4 is 6.09 Å². The maximum Gasteiger partial charge on any atom is 0.407 e. The first-order valence-electron chi connectivity index (χ1n) is 5.02. The Balaban J connectivity index is 3.64. The molecule has 0 saturated carbocycles. The van der Waals surface area contributed by atoms with Crippen LogP contribution in [0.15, 0.2) is 0 Å². The van der Waals surface area contributed by atoms with E-state index in [0.29, 0.717) is 19.0 Å². The molecule has 4 nitrogen and oxygen atoms in total. The number of ether oxygens (including phenoxy) is 1. The van der Waals surface area contributed by atoms with Gasteiger partial charge in [0.05, 0.1) is 0 Å². The Morgan fingerprint density at radius 2 is 2.07 bits per heavy atom. The van der Waals surface area contributed by atoms with Crippen LogP contribution in [-0.2, 0) is 4.74 Å². The molecule has 0 aliphatic rings. The minimum atomic E-state index is -0.429. The molecule has 0 spiro atoms. The van der Waals surface area contributed by atoms with Crippen molar-refractivity contribution in [3.8, 4) is 0 Å². The second-order valence-electron chi connectivity index (χ2n) is 4.57. The van der Waals surface area contributed by atoms with Crippen molar-refractivity contribution in [1.29, 1.82) is 0 Å². The molecule has 3 N–H and O–H groups in total. The topological polar surface area (TPSA) is 64.3 Å². The molecular formula is C10H22N2O2. The Hall–Kier alpha value is -0.770. The molecule has 84 valence electrons. The fourth-order valence-corrected chi connectivity index (χ4v) is 0.958. The number of carbonyl (C=O) groups is 1. The predicted molar refractivity (Wildman–Crippen MR) is 57.1 cm³/mol. The number of alkyl carbamates (subject to hydrolysis) is 1. The van der Waals surface area contributed by atoms with Crippen molar-refractivity contribution in [2.24, 2.45) is 11.7 Å². The standard InChI is InChI=1S/C10H22N2O2/c1-8(5-6-11)7-12-9(13)14-10(2,3)4/h8H,5-7,11H2,1-4H3,(H,12,13). The number of amides is 1. The van der Waals surface area contributed by atoms with E-state index in [-0.39, 0.29) is 6.09 Å². The van der Waals surface area contributed by atoms with Crippen molar-refractivity contribution in [3.63, 3.8) is 0 Å². The van der Waals surface area contributed by atoms with E-state index in [1.807, 2.05) is 27.7 Å². The molecule has 0 aromatic carbocycles. The van der Waals surface area contributed by atoms with Gasteiger partial charge < -0.3 is 15.8 Å². The quantitative estimate of drug-likeness (QED) is 0.726. The lowest BCUT2D eigenvalue weighted by Crippen LogP contribution is -2.35. The van der Waals surface area contributed by atoms with Gasteiger partial charge in [-0.15, -0.1) is 0 Å². The van der Waals surface area contributed by atoms with E-state index in [9.17, 15) is 4.79 Å². The zero-order valence-electron chi connectivity index (χ0n) is 9.59. The monoisotopic (exact) mass is 202 g/mol. The predicted octanol–water partition coefficient (Wildman–Crippen LogP) is 1.50. The van der Waals surface area contributed by atoms with Gasteiger partial charge in [-0.25, -0.2) is 4.79 Å². The van der Waals surface area contributed by atoms with Crippen molar-refractivity contribution in [3.05, 3.63) is 0 Å². The van der Waals surface area contributed by atoms with Crippen LogP contribution in [0.1, 0.15) is 34.1 Å². The van der Waals surface area contributed by atoms with Gasteiger partial charge in [0.15, 0.2) is 0 Å². The molecule has 0 aliphatic carbocycles. The molecule has 0 radical (unpaired) electrons. The zero-order chi connectivity index (χ0) is 11.2. The van der Waals surface area contributed by atoms with Crippen LogP contribution >= 0.6 is 0 Å². The molecule has 0 saturated heterocycles. The Morgan fingerprint density at radius 1 is 1.50 bits per heavy atom. The second-order valence-corrected chi connectivity index (χ2v) is 4.57. The summed E-state index contributed by atoms with van der Waals surface area (Å²) in [5.41, 5.74) is 4.96. The van der Waals surface area contributed by atoms with Gasteiger partial charge in [-0.3, -0.25) is 0 Å². The molecule has 0 bridgehead atoms. The van der Waals surface area contributed by atoms with Crippen LogP contribution in [-0.4, -0.2) is 24.8 Å². The van der Waals surface area contributed by atoms with Gasteiger partial charge in [0.1, 0.15) is 5.60 Å². The minimum Gasteiger partial charge on any atom is -0.444 e. The summed E-state index contributed by atoms with van der Waals surface area (Å²) in [5.74, 6) is 0.396. The average Bonchev–Trinajstić information content (AvgIpc) is 1.98. The molecule has 1 amide bonds. The molecule has 0 rings (SSSR count). The highest BCUT2D eigenvalue weighted by Gasteiger charge is 2.16. The van der Waals surface area contributed by atoms with Gasteiger partial charge in [-0.2, -0.15) is 0 Å². The SMILES string of the molecule is CC(CCN)CNC(=O)OC(C)(C)C. The minimum absolute atomic E-state index is 0.360. The lowest BCUT2D eigenvalue weighted by Gasteiger charge is -2.20. The van der Waals surface area contributed by atoms with Crippen molar-refractivity contribution < 1.29 is 9.53 Å². The van der Waals surface area contributed by atoms with E-state index in [0.717, 1.165) is 6.42 Å². The molecular weight excluding hydrogens is 180 g/mol. The van der Waals surface area contributed by atoms with E-state index in [1.165, 1.54) is 0 Å². The number of rotatable bonds is 4. The Labute approximate surface area is 86.2 Å². The van der Waals surface area contributed by atoms with Crippen molar-refractivity contribution in [2.75, 3.05) is 13.1 Å². The zero-order valence-corrected chi connectivity index (χ0v) is 9.59. The largest absolute Gasteiger partial charge is 0.444 e. The molecule has 0 aromatic rings. The Kier molecular flexibility index (Phi) is 5.53. The molecule has 0 aliphatic heterocycles. The molecule has 1 unspecified atom stereocenters. The maximum absolute atomic E-state index is 11.2. The third-order valence-electron chi connectivity index (χ3n) is 1.65. The lowest BCUT2D eigenvalue weighted by atomic mass is 10.1. The Morgan fingerprint density at radius 3 is 2.50 bits per heavy atom. The summed E-state index contributed by atoms with van der Waals surface area (Å²) in [5, 5.41) is 2.71. The summed E-state index contributed by atoms with van der Waals surface area (Å²) in [6.07, 6.45) is 0.553. The summed E-state index contributed by atoms with van der Waals surface area (Å²) in [6.45, 7) is 8.84. The van der Waals surface area contributed by atoms with Crippen LogP contribution in [0.25, 0.3) is 0 Å². The summed E-state index contributed by atoms with van der Waals surface area (Å²) in [7, 11) is 0. The summed E-state index contributed by atoms with van der Waals surface area (Å²) in [4.78, 5) is 11.2. The van der Waals surface area contributed by atoms with Crippen molar-refractivity contribution in [1.82, 2.24) is 5.32 Å². The van der Waals surface area contributed by atoms with E-state index >= 15 is 0 Å². The van der Waals surface area contributed by atoms with E-state index in [2.05, 4.69) is 5.32 Å². The van der Waals surface area contributed by atoms with Gasteiger partial charge in [-0.1, -0.05) is 6.92 Å². The van der Waals surface area contributed by atoms with Gasteiger partial charge in [0, 0.05) is 6.54 Å². The van der Waals surface area contributed by atoms with E-state index in [4.69, 9.17) is 10.5 Å². The molecule has 4 heteroatoms. The third kappa shape index (κ3) is 7.86.